The molecule has 0 radical (unpaired) electrons. The van der Waals surface area contributed by atoms with Crippen molar-refractivity contribution in [3.05, 3.63) is 70.6 Å². The van der Waals surface area contributed by atoms with Gasteiger partial charge in [0.25, 0.3) is 0 Å². The lowest BCUT2D eigenvalue weighted by Gasteiger charge is -2.31. The largest absolute Gasteiger partial charge is 0.497 e. The van der Waals surface area contributed by atoms with E-state index in [-0.39, 0.29) is 11.9 Å². The first-order chi connectivity index (χ1) is 13.2. The maximum Gasteiger partial charge on any atom is 0.379 e. The van der Waals surface area contributed by atoms with Crippen molar-refractivity contribution < 1.29 is 13.9 Å². The van der Waals surface area contributed by atoms with E-state index in [9.17, 15) is 4.79 Å². The van der Waals surface area contributed by atoms with Gasteiger partial charge in [-0.1, -0.05) is 30.3 Å². The standard InChI is InChI=1S/C22H23NO4/c1-25-19-7-8-20-17(13-19)14-21(22(24)27-20)26-18-9-11-23(12-10-18)15-16-5-3-2-4-6-16/h2-8,13-14,18H,9-12,15H2,1H3. The Morgan fingerprint density at radius 1 is 1.07 bits per heavy atom. The number of ether oxygens (including phenoxy) is 2. The van der Waals surface area contributed by atoms with Crippen LogP contribution in [0.5, 0.6) is 11.5 Å². The smallest absolute Gasteiger partial charge is 0.379 e. The highest BCUT2D eigenvalue weighted by Gasteiger charge is 2.22. The van der Waals surface area contributed by atoms with Gasteiger partial charge in [0, 0.05) is 25.0 Å². The van der Waals surface area contributed by atoms with Crippen LogP contribution in [-0.2, 0) is 6.54 Å². The molecule has 0 unspecified atom stereocenters. The number of fused-ring (bicyclic) bond motifs is 1. The Kier molecular flexibility index (Phi) is 5.12. The van der Waals surface area contributed by atoms with Crippen LogP contribution in [0.25, 0.3) is 11.0 Å². The van der Waals surface area contributed by atoms with E-state index in [0.717, 1.165) is 43.6 Å². The first-order valence-corrected chi connectivity index (χ1v) is 9.26. The van der Waals surface area contributed by atoms with Gasteiger partial charge in [-0.15, -0.1) is 0 Å². The van der Waals surface area contributed by atoms with E-state index in [1.807, 2.05) is 12.1 Å². The fourth-order valence-corrected chi connectivity index (χ4v) is 3.50. The molecule has 1 saturated heterocycles. The van der Waals surface area contributed by atoms with Crippen LogP contribution in [0.15, 0.2) is 63.8 Å². The molecule has 0 bridgehead atoms. The molecule has 0 atom stereocenters. The van der Waals surface area contributed by atoms with Gasteiger partial charge in [-0.25, -0.2) is 4.79 Å². The molecule has 1 fully saturated rings. The highest BCUT2D eigenvalue weighted by atomic mass is 16.5. The third-order valence-corrected chi connectivity index (χ3v) is 4.98. The van der Waals surface area contributed by atoms with E-state index in [1.54, 1.807) is 25.3 Å². The maximum atomic E-state index is 12.2. The summed E-state index contributed by atoms with van der Waals surface area (Å²) in [4.78, 5) is 14.7. The lowest BCUT2D eigenvalue weighted by Crippen LogP contribution is -2.38. The van der Waals surface area contributed by atoms with Crippen molar-refractivity contribution in [2.45, 2.75) is 25.5 Å². The van der Waals surface area contributed by atoms with Gasteiger partial charge < -0.3 is 13.9 Å². The van der Waals surface area contributed by atoms with Crippen molar-refractivity contribution in [1.29, 1.82) is 0 Å². The van der Waals surface area contributed by atoms with Crippen molar-refractivity contribution >= 4 is 11.0 Å². The highest BCUT2D eigenvalue weighted by molar-refractivity contribution is 5.79. The summed E-state index contributed by atoms with van der Waals surface area (Å²) < 4.78 is 16.6. The summed E-state index contributed by atoms with van der Waals surface area (Å²) in [6.45, 7) is 2.85. The van der Waals surface area contributed by atoms with Crippen molar-refractivity contribution in [2.24, 2.45) is 0 Å². The minimum absolute atomic E-state index is 0.0305. The first-order valence-electron chi connectivity index (χ1n) is 9.26. The van der Waals surface area contributed by atoms with E-state index >= 15 is 0 Å². The number of rotatable bonds is 5. The quantitative estimate of drug-likeness (QED) is 0.643. The number of methoxy groups -OCH3 is 1. The molecule has 0 N–H and O–H groups in total. The number of piperidine rings is 1. The van der Waals surface area contributed by atoms with E-state index in [1.165, 1.54) is 5.56 Å². The highest BCUT2D eigenvalue weighted by Crippen LogP contribution is 2.24. The maximum absolute atomic E-state index is 12.2. The molecule has 0 amide bonds. The van der Waals surface area contributed by atoms with Crippen LogP contribution in [0.2, 0.25) is 0 Å². The monoisotopic (exact) mass is 365 g/mol. The second-order valence-corrected chi connectivity index (χ2v) is 6.88. The molecule has 1 aliphatic heterocycles. The summed E-state index contributed by atoms with van der Waals surface area (Å²) in [6, 6.07) is 17.6. The van der Waals surface area contributed by atoms with E-state index in [0.29, 0.717) is 5.58 Å². The molecule has 5 nitrogen and oxygen atoms in total. The Morgan fingerprint density at radius 3 is 2.59 bits per heavy atom. The molecule has 1 aromatic heterocycles. The first kappa shape index (κ1) is 17.6. The van der Waals surface area contributed by atoms with Gasteiger partial charge in [0.1, 0.15) is 17.4 Å². The lowest BCUT2D eigenvalue weighted by atomic mass is 10.1. The van der Waals surface area contributed by atoms with Crippen molar-refractivity contribution in [3.63, 3.8) is 0 Å². The van der Waals surface area contributed by atoms with Gasteiger partial charge in [-0.2, -0.15) is 0 Å². The van der Waals surface area contributed by atoms with Crippen molar-refractivity contribution in [3.8, 4) is 11.5 Å². The molecule has 1 aliphatic rings. The summed E-state index contributed by atoms with van der Waals surface area (Å²) in [5.74, 6) is 0.994. The summed E-state index contributed by atoms with van der Waals surface area (Å²) in [5.41, 5.74) is 1.42. The molecule has 140 valence electrons. The Bertz CT molecular complexity index is 959. The van der Waals surface area contributed by atoms with Crippen LogP contribution in [0.4, 0.5) is 0 Å². The fraction of sp³-hybridized carbons (Fsp3) is 0.318. The second kappa shape index (κ2) is 7.84. The average molecular weight is 365 g/mol. The summed E-state index contributed by atoms with van der Waals surface area (Å²) in [5, 5.41) is 0.797. The lowest BCUT2D eigenvalue weighted by molar-refractivity contribution is 0.0940. The van der Waals surface area contributed by atoms with E-state index in [4.69, 9.17) is 13.9 Å². The van der Waals surface area contributed by atoms with Crippen LogP contribution in [0, 0.1) is 0 Å². The number of nitrogens with zero attached hydrogens (tertiary/aromatic N) is 1. The topological polar surface area (TPSA) is 51.9 Å². The Labute approximate surface area is 158 Å². The van der Waals surface area contributed by atoms with Gasteiger partial charge >= 0.3 is 5.63 Å². The number of likely N-dealkylation sites (tertiary alicyclic amines) is 1. The van der Waals surface area contributed by atoms with Gasteiger partial charge in [0.15, 0.2) is 0 Å². The summed E-state index contributed by atoms with van der Waals surface area (Å²) in [6.07, 6.45) is 1.81. The average Bonchev–Trinajstić information content (AvgIpc) is 2.70. The van der Waals surface area contributed by atoms with Crippen molar-refractivity contribution in [2.75, 3.05) is 20.2 Å². The zero-order chi connectivity index (χ0) is 18.6. The molecule has 3 aromatic rings. The normalized spacial score (nSPS) is 15.7. The van der Waals surface area contributed by atoms with E-state index in [2.05, 4.69) is 29.2 Å². The van der Waals surface area contributed by atoms with E-state index < -0.39 is 5.63 Å². The van der Waals surface area contributed by atoms with Crippen LogP contribution in [0.1, 0.15) is 18.4 Å². The Hall–Kier alpha value is -2.79. The molecule has 2 heterocycles. The predicted octanol–water partition coefficient (Wildman–Crippen LogP) is 3.85. The number of benzene rings is 2. The minimum Gasteiger partial charge on any atom is -0.497 e. The van der Waals surface area contributed by atoms with Crippen LogP contribution in [-0.4, -0.2) is 31.2 Å². The van der Waals surface area contributed by atoms with Gasteiger partial charge in [0.05, 0.1) is 7.11 Å². The summed E-state index contributed by atoms with van der Waals surface area (Å²) in [7, 11) is 1.61. The van der Waals surface area contributed by atoms with Crippen LogP contribution in [0.3, 0.4) is 0 Å². The Balaban J connectivity index is 1.41. The fourth-order valence-electron chi connectivity index (χ4n) is 3.50. The Morgan fingerprint density at radius 2 is 1.85 bits per heavy atom. The number of hydrogen-bond donors (Lipinski definition) is 0. The molecular formula is C22H23NO4. The molecule has 27 heavy (non-hydrogen) atoms. The zero-order valence-electron chi connectivity index (χ0n) is 15.4. The molecule has 0 spiro atoms. The predicted molar refractivity (Wildman–Crippen MR) is 104 cm³/mol. The van der Waals surface area contributed by atoms with Crippen molar-refractivity contribution in [1.82, 2.24) is 4.90 Å². The van der Waals surface area contributed by atoms with Crippen LogP contribution >= 0.6 is 0 Å². The molecular weight excluding hydrogens is 342 g/mol. The molecule has 0 aliphatic carbocycles. The molecule has 4 rings (SSSR count). The number of hydrogen-bond acceptors (Lipinski definition) is 5. The zero-order valence-corrected chi connectivity index (χ0v) is 15.4. The summed E-state index contributed by atoms with van der Waals surface area (Å²) >= 11 is 0. The second-order valence-electron chi connectivity index (χ2n) is 6.88. The molecule has 0 saturated carbocycles. The van der Waals surface area contributed by atoms with Gasteiger partial charge in [0.2, 0.25) is 5.75 Å². The third-order valence-electron chi connectivity index (χ3n) is 4.98. The third kappa shape index (κ3) is 4.14. The van der Waals surface area contributed by atoms with Crippen LogP contribution < -0.4 is 15.1 Å². The van der Waals surface area contributed by atoms with Gasteiger partial charge in [-0.05, 0) is 42.7 Å². The minimum atomic E-state index is -0.431. The van der Waals surface area contributed by atoms with Gasteiger partial charge in [-0.3, -0.25) is 4.90 Å². The SMILES string of the molecule is COc1ccc2oc(=O)c(OC3CCN(Cc4ccccc4)CC3)cc2c1. The molecule has 2 aromatic carbocycles. The molecule has 5 heteroatoms.